The number of halogens is 1. The first-order chi connectivity index (χ1) is 5.83. The molecular formula is C10H19BrS. The summed E-state index contributed by atoms with van der Waals surface area (Å²) in [4.78, 5) is 0. The molecule has 1 rings (SSSR count). The Balaban J connectivity index is 2.37. The predicted octanol–water partition coefficient (Wildman–Crippen LogP) is 4.08. The molecule has 0 aromatic heterocycles. The maximum atomic E-state index is 3.69. The lowest BCUT2D eigenvalue weighted by Crippen LogP contribution is -2.26. The molecule has 0 atom stereocenters. The van der Waals surface area contributed by atoms with Gasteiger partial charge in [0.25, 0.3) is 0 Å². The summed E-state index contributed by atoms with van der Waals surface area (Å²) in [7, 11) is 0. The number of thioether (sulfide) groups is 1. The molecule has 0 radical (unpaired) electrons. The molecule has 0 nitrogen and oxygen atoms in total. The van der Waals surface area contributed by atoms with Crippen molar-refractivity contribution >= 4 is 27.7 Å². The van der Waals surface area contributed by atoms with E-state index < -0.39 is 0 Å². The molecule has 0 spiro atoms. The highest BCUT2D eigenvalue weighted by Crippen LogP contribution is 2.41. The molecule has 0 N–H and O–H groups in total. The molecule has 0 saturated heterocycles. The summed E-state index contributed by atoms with van der Waals surface area (Å²) in [5, 5.41) is 1.22. The zero-order chi connectivity index (χ0) is 8.86. The van der Waals surface area contributed by atoms with Gasteiger partial charge < -0.3 is 0 Å². The molecular weight excluding hydrogens is 232 g/mol. The van der Waals surface area contributed by atoms with Crippen molar-refractivity contribution in [3.63, 3.8) is 0 Å². The van der Waals surface area contributed by atoms with Crippen LogP contribution in [0.2, 0.25) is 0 Å². The van der Waals surface area contributed by atoms with Crippen LogP contribution >= 0.6 is 27.7 Å². The number of hydrogen-bond acceptors (Lipinski definition) is 1. The van der Waals surface area contributed by atoms with Gasteiger partial charge in [0.05, 0.1) is 0 Å². The first-order valence-electron chi connectivity index (χ1n) is 4.88. The fourth-order valence-corrected chi connectivity index (χ4v) is 3.55. The van der Waals surface area contributed by atoms with Crippen LogP contribution < -0.4 is 0 Å². The Bertz CT molecular complexity index is 119. The monoisotopic (exact) mass is 250 g/mol. The Morgan fingerprint density at radius 3 is 2.42 bits per heavy atom. The molecule has 72 valence electrons. The molecule has 12 heavy (non-hydrogen) atoms. The highest BCUT2D eigenvalue weighted by molar-refractivity contribution is 9.09. The minimum Gasteiger partial charge on any atom is -0.165 e. The summed E-state index contributed by atoms with van der Waals surface area (Å²) in [5.41, 5.74) is 0.668. The lowest BCUT2D eigenvalue weighted by Gasteiger charge is -2.35. The van der Waals surface area contributed by atoms with Crippen LogP contribution in [0.25, 0.3) is 0 Å². The van der Waals surface area contributed by atoms with E-state index >= 15 is 0 Å². The molecule has 1 aliphatic carbocycles. The highest BCUT2D eigenvalue weighted by Gasteiger charge is 2.29. The summed E-state index contributed by atoms with van der Waals surface area (Å²) in [6.07, 6.45) is 10.9. The summed E-state index contributed by atoms with van der Waals surface area (Å²) < 4.78 is 0. The van der Waals surface area contributed by atoms with Gasteiger partial charge in [0, 0.05) is 5.33 Å². The van der Waals surface area contributed by atoms with Crippen molar-refractivity contribution in [2.24, 2.45) is 5.41 Å². The molecule has 1 aliphatic rings. The van der Waals surface area contributed by atoms with Gasteiger partial charge in [-0.3, -0.25) is 0 Å². The Hall–Kier alpha value is 0.830. The smallest absolute Gasteiger partial charge is 0.00882 e. The van der Waals surface area contributed by atoms with Crippen molar-refractivity contribution in [3.8, 4) is 0 Å². The van der Waals surface area contributed by atoms with E-state index in [1.165, 1.54) is 49.6 Å². The second-order valence-electron chi connectivity index (χ2n) is 3.94. The van der Waals surface area contributed by atoms with Gasteiger partial charge in [-0.2, -0.15) is 11.8 Å². The quantitative estimate of drug-likeness (QED) is 0.678. The van der Waals surface area contributed by atoms with Crippen LogP contribution in [0.5, 0.6) is 0 Å². The molecule has 0 unspecified atom stereocenters. The number of rotatable bonds is 4. The third-order valence-electron chi connectivity index (χ3n) is 3.03. The molecule has 2 heteroatoms. The molecule has 0 heterocycles. The summed E-state index contributed by atoms with van der Waals surface area (Å²) in [5.74, 6) is 1.34. The van der Waals surface area contributed by atoms with Crippen LogP contribution in [0.3, 0.4) is 0 Å². The van der Waals surface area contributed by atoms with Crippen molar-refractivity contribution < 1.29 is 0 Å². The van der Waals surface area contributed by atoms with Gasteiger partial charge in [0.2, 0.25) is 0 Å². The summed E-state index contributed by atoms with van der Waals surface area (Å²) >= 11 is 5.68. The van der Waals surface area contributed by atoms with Gasteiger partial charge in [-0.25, -0.2) is 0 Å². The third kappa shape index (κ3) is 2.95. The van der Waals surface area contributed by atoms with Crippen LogP contribution in [0.15, 0.2) is 0 Å². The first kappa shape index (κ1) is 10.9. The molecule has 0 aromatic carbocycles. The van der Waals surface area contributed by atoms with Crippen LogP contribution in [0.4, 0.5) is 0 Å². The molecule has 1 saturated carbocycles. The average Bonchev–Trinajstić information content (AvgIpc) is 2.16. The maximum absolute atomic E-state index is 3.69. The number of alkyl halides is 1. The minimum atomic E-state index is 0.668. The van der Waals surface area contributed by atoms with Crippen molar-refractivity contribution in [1.82, 2.24) is 0 Å². The van der Waals surface area contributed by atoms with E-state index in [-0.39, 0.29) is 0 Å². The summed E-state index contributed by atoms with van der Waals surface area (Å²) in [6.45, 7) is 0. The van der Waals surface area contributed by atoms with Crippen LogP contribution in [-0.4, -0.2) is 17.3 Å². The van der Waals surface area contributed by atoms with E-state index in [0.717, 1.165) is 0 Å². The van der Waals surface area contributed by atoms with Crippen LogP contribution in [0, 0.1) is 5.41 Å². The van der Waals surface area contributed by atoms with Crippen molar-refractivity contribution in [3.05, 3.63) is 0 Å². The largest absolute Gasteiger partial charge is 0.165 e. The second kappa shape index (κ2) is 5.54. The predicted molar refractivity (Wildman–Crippen MR) is 62.3 cm³/mol. The third-order valence-corrected chi connectivity index (χ3v) is 4.84. The molecule has 0 amide bonds. The maximum Gasteiger partial charge on any atom is 0.00882 e. The Kier molecular flexibility index (Phi) is 5.03. The van der Waals surface area contributed by atoms with E-state index in [0.29, 0.717) is 5.41 Å². The van der Waals surface area contributed by atoms with Gasteiger partial charge in [-0.05, 0) is 36.7 Å². The highest BCUT2D eigenvalue weighted by atomic mass is 79.9. The van der Waals surface area contributed by atoms with Crippen LogP contribution in [-0.2, 0) is 0 Å². The first-order valence-corrected chi connectivity index (χ1v) is 7.39. The zero-order valence-electron chi connectivity index (χ0n) is 7.94. The van der Waals surface area contributed by atoms with E-state index in [2.05, 4.69) is 22.2 Å². The Labute approximate surface area is 89.0 Å². The van der Waals surface area contributed by atoms with Gasteiger partial charge in [-0.1, -0.05) is 35.2 Å². The SMILES string of the molecule is CSCCC1(CBr)CCCCC1. The van der Waals surface area contributed by atoms with E-state index in [1.807, 2.05) is 11.8 Å². The van der Waals surface area contributed by atoms with Gasteiger partial charge >= 0.3 is 0 Å². The lowest BCUT2D eigenvalue weighted by molar-refractivity contribution is 0.218. The fourth-order valence-electron chi connectivity index (χ4n) is 2.07. The topological polar surface area (TPSA) is 0 Å². The second-order valence-corrected chi connectivity index (χ2v) is 5.48. The van der Waals surface area contributed by atoms with E-state index in [9.17, 15) is 0 Å². The van der Waals surface area contributed by atoms with Crippen molar-refractivity contribution in [2.45, 2.75) is 38.5 Å². The van der Waals surface area contributed by atoms with E-state index in [1.54, 1.807) is 0 Å². The zero-order valence-corrected chi connectivity index (χ0v) is 10.3. The molecule has 0 aliphatic heterocycles. The Morgan fingerprint density at radius 1 is 1.25 bits per heavy atom. The Morgan fingerprint density at radius 2 is 1.92 bits per heavy atom. The average molecular weight is 251 g/mol. The minimum absolute atomic E-state index is 0.668. The lowest BCUT2D eigenvalue weighted by atomic mass is 9.74. The van der Waals surface area contributed by atoms with Gasteiger partial charge in [0.1, 0.15) is 0 Å². The standard InChI is InChI=1S/C10H19BrS/c1-12-8-7-10(9-11)5-3-2-4-6-10/h2-9H2,1H3. The number of hydrogen-bond donors (Lipinski definition) is 0. The fraction of sp³-hybridized carbons (Fsp3) is 1.00. The van der Waals surface area contributed by atoms with Gasteiger partial charge in [-0.15, -0.1) is 0 Å². The molecule has 0 bridgehead atoms. The molecule has 0 aromatic rings. The molecule has 1 fully saturated rings. The van der Waals surface area contributed by atoms with E-state index in [4.69, 9.17) is 0 Å². The van der Waals surface area contributed by atoms with Gasteiger partial charge in [0.15, 0.2) is 0 Å². The normalized spacial score (nSPS) is 22.5. The van der Waals surface area contributed by atoms with Crippen molar-refractivity contribution in [2.75, 3.05) is 17.3 Å². The van der Waals surface area contributed by atoms with Crippen molar-refractivity contribution in [1.29, 1.82) is 0 Å². The van der Waals surface area contributed by atoms with Crippen LogP contribution in [0.1, 0.15) is 38.5 Å². The summed E-state index contributed by atoms with van der Waals surface area (Å²) in [6, 6.07) is 0.